The Morgan fingerprint density at radius 1 is 1.63 bits per heavy atom. The fourth-order valence-electron chi connectivity index (χ4n) is 2.06. The third-order valence-corrected chi connectivity index (χ3v) is 3.15. The van der Waals surface area contributed by atoms with Gasteiger partial charge in [0.25, 0.3) is 0 Å². The Labute approximate surface area is 111 Å². The first kappa shape index (κ1) is 13.8. The third kappa shape index (κ3) is 3.42. The normalized spacial score (nSPS) is 20.2. The van der Waals surface area contributed by atoms with Crippen molar-refractivity contribution in [3.8, 4) is 5.75 Å². The maximum Gasteiger partial charge on any atom is 0.131 e. The number of morpholine rings is 1. The van der Waals surface area contributed by atoms with Crippen LogP contribution in [0.1, 0.15) is 5.56 Å². The molecule has 1 aromatic carbocycles. The Balaban J connectivity index is 2.02. The summed E-state index contributed by atoms with van der Waals surface area (Å²) in [6, 6.07) is 4.83. The molecule has 1 atom stereocenters. The van der Waals surface area contributed by atoms with E-state index in [0.717, 1.165) is 0 Å². The highest BCUT2D eigenvalue weighted by molar-refractivity contribution is 5.82. The van der Waals surface area contributed by atoms with Gasteiger partial charge >= 0.3 is 0 Å². The molecular weight excluding hydrogens is 249 g/mol. The van der Waals surface area contributed by atoms with E-state index in [0.29, 0.717) is 37.6 Å². The van der Waals surface area contributed by atoms with Gasteiger partial charge in [0.2, 0.25) is 0 Å². The summed E-state index contributed by atoms with van der Waals surface area (Å²) in [4.78, 5) is 2.03. The molecule has 19 heavy (non-hydrogen) atoms. The van der Waals surface area contributed by atoms with Crippen LogP contribution in [0.25, 0.3) is 0 Å². The summed E-state index contributed by atoms with van der Waals surface area (Å²) in [6.07, 6.45) is -0.393. The molecule has 1 aromatic rings. The molecule has 1 fully saturated rings. The monoisotopic (exact) mass is 267 g/mol. The van der Waals surface area contributed by atoms with Crippen LogP contribution in [0.4, 0.5) is 4.39 Å². The van der Waals surface area contributed by atoms with Gasteiger partial charge in [-0.25, -0.2) is 4.39 Å². The average Bonchev–Trinajstić information content (AvgIpc) is 2.41. The molecular formula is C13H18FN3O2. The number of benzene rings is 1. The van der Waals surface area contributed by atoms with Crippen LogP contribution in [0.3, 0.4) is 0 Å². The van der Waals surface area contributed by atoms with Gasteiger partial charge in [0.15, 0.2) is 0 Å². The van der Waals surface area contributed by atoms with Crippen LogP contribution in [0.2, 0.25) is 0 Å². The van der Waals surface area contributed by atoms with Gasteiger partial charge in [-0.2, -0.15) is 0 Å². The third-order valence-electron chi connectivity index (χ3n) is 3.15. The largest absolute Gasteiger partial charge is 0.497 e. The highest BCUT2D eigenvalue weighted by Crippen LogP contribution is 2.18. The second-order valence-electron chi connectivity index (χ2n) is 4.51. The number of amidine groups is 1. The summed E-state index contributed by atoms with van der Waals surface area (Å²) in [5, 5.41) is 7.39. The number of ether oxygens (including phenoxy) is 2. The Morgan fingerprint density at radius 2 is 2.42 bits per heavy atom. The summed E-state index contributed by atoms with van der Waals surface area (Å²) in [5.74, 6) is 0.231. The van der Waals surface area contributed by atoms with Crippen LogP contribution in [0, 0.1) is 11.2 Å². The summed E-state index contributed by atoms with van der Waals surface area (Å²) >= 11 is 0. The number of methoxy groups -OCH3 is 1. The Morgan fingerprint density at radius 3 is 3.05 bits per heavy atom. The Hall–Kier alpha value is -1.66. The molecule has 0 spiro atoms. The Bertz CT molecular complexity index is 467. The number of halogens is 1. The first-order valence-electron chi connectivity index (χ1n) is 6.10. The zero-order valence-electron chi connectivity index (χ0n) is 10.9. The maximum atomic E-state index is 13.8. The fourth-order valence-corrected chi connectivity index (χ4v) is 2.06. The lowest BCUT2D eigenvalue weighted by Crippen LogP contribution is -2.47. The maximum absolute atomic E-state index is 13.8. The average molecular weight is 267 g/mol. The fraction of sp³-hybridized carbons (Fsp3) is 0.462. The zero-order valence-corrected chi connectivity index (χ0v) is 10.9. The minimum atomic E-state index is -0.393. The number of hydrogen-bond acceptors (Lipinski definition) is 4. The molecule has 0 aliphatic carbocycles. The first-order chi connectivity index (χ1) is 9.10. The molecule has 1 aliphatic heterocycles. The van der Waals surface area contributed by atoms with Crippen LogP contribution in [0.5, 0.6) is 5.75 Å². The minimum absolute atomic E-state index is 0.0138. The number of nitrogens with two attached hydrogens (primary N) is 1. The van der Waals surface area contributed by atoms with Crippen LogP contribution >= 0.6 is 0 Å². The molecule has 1 heterocycles. The van der Waals surface area contributed by atoms with Crippen molar-refractivity contribution in [1.29, 1.82) is 5.41 Å². The van der Waals surface area contributed by atoms with Gasteiger partial charge in [0.1, 0.15) is 23.5 Å². The van der Waals surface area contributed by atoms with Crippen LogP contribution in [-0.2, 0) is 11.3 Å². The molecule has 1 aliphatic rings. The van der Waals surface area contributed by atoms with Gasteiger partial charge in [-0.05, 0) is 6.07 Å². The van der Waals surface area contributed by atoms with E-state index >= 15 is 0 Å². The Kier molecular flexibility index (Phi) is 4.34. The smallest absolute Gasteiger partial charge is 0.131 e. The second kappa shape index (κ2) is 5.99. The molecule has 0 bridgehead atoms. The molecule has 3 N–H and O–H groups in total. The van der Waals surface area contributed by atoms with E-state index in [4.69, 9.17) is 20.6 Å². The van der Waals surface area contributed by atoms with E-state index in [9.17, 15) is 4.39 Å². The van der Waals surface area contributed by atoms with Crippen molar-refractivity contribution >= 4 is 5.84 Å². The van der Waals surface area contributed by atoms with Crippen LogP contribution < -0.4 is 10.5 Å². The van der Waals surface area contributed by atoms with Crippen molar-refractivity contribution in [2.24, 2.45) is 5.73 Å². The van der Waals surface area contributed by atoms with E-state index in [-0.39, 0.29) is 11.7 Å². The van der Waals surface area contributed by atoms with Gasteiger partial charge < -0.3 is 15.2 Å². The quantitative estimate of drug-likeness (QED) is 0.630. The lowest BCUT2D eigenvalue weighted by Gasteiger charge is -2.32. The van der Waals surface area contributed by atoms with Gasteiger partial charge in [-0.1, -0.05) is 6.07 Å². The van der Waals surface area contributed by atoms with Gasteiger partial charge in [-0.3, -0.25) is 10.3 Å². The van der Waals surface area contributed by atoms with E-state index < -0.39 is 6.10 Å². The van der Waals surface area contributed by atoms with Crippen molar-refractivity contribution in [3.63, 3.8) is 0 Å². The number of rotatable bonds is 4. The lowest BCUT2D eigenvalue weighted by atomic mass is 10.1. The van der Waals surface area contributed by atoms with E-state index in [1.54, 1.807) is 12.1 Å². The van der Waals surface area contributed by atoms with E-state index in [1.807, 2.05) is 4.90 Å². The SMILES string of the molecule is COc1ccc(CN2CCOC(C(=N)N)C2)c(F)c1. The predicted octanol–water partition coefficient (Wildman–Crippen LogP) is 0.971. The summed E-state index contributed by atoms with van der Waals surface area (Å²) < 4.78 is 24.2. The predicted molar refractivity (Wildman–Crippen MR) is 69.9 cm³/mol. The van der Waals surface area contributed by atoms with Crippen molar-refractivity contribution in [2.45, 2.75) is 12.6 Å². The zero-order chi connectivity index (χ0) is 13.8. The highest BCUT2D eigenvalue weighted by atomic mass is 19.1. The van der Waals surface area contributed by atoms with Crippen molar-refractivity contribution in [2.75, 3.05) is 26.8 Å². The standard InChI is InChI=1S/C13H18FN3O2/c1-18-10-3-2-9(11(14)6-10)7-17-4-5-19-12(8-17)13(15)16/h2-3,6,12H,4-5,7-8H2,1H3,(H3,15,16). The molecule has 1 unspecified atom stereocenters. The highest BCUT2D eigenvalue weighted by Gasteiger charge is 2.23. The van der Waals surface area contributed by atoms with Crippen molar-refractivity contribution in [1.82, 2.24) is 4.90 Å². The van der Waals surface area contributed by atoms with Crippen LogP contribution in [0.15, 0.2) is 18.2 Å². The summed E-state index contributed by atoms with van der Waals surface area (Å²) in [5.41, 5.74) is 6.03. The van der Waals surface area contributed by atoms with Crippen molar-refractivity contribution < 1.29 is 13.9 Å². The molecule has 0 aromatic heterocycles. The minimum Gasteiger partial charge on any atom is -0.497 e. The molecule has 2 rings (SSSR count). The molecule has 0 radical (unpaired) electrons. The van der Waals surface area contributed by atoms with Gasteiger partial charge in [-0.15, -0.1) is 0 Å². The topological polar surface area (TPSA) is 71.6 Å². The van der Waals surface area contributed by atoms with Crippen LogP contribution in [-0.4, -0.2) is 43.6 Å². The van der Waals surface area contributed by atoms with E-state index in [2.05, 4.69) is 0 Å². The number of hydrogen-bond donors (Lipinski definition) is 2. The van der Waals surface area contributed by atoms with Crippen molar-refractivity contribution in [3.05, 3.63) is 29.6 Å². The van der Waals surface area contributed by atoms with Gasteiger partial charge in [0.05, 0.1) is 13.7 Å². The molecule has 104 valence electrons. The summed E-state index contributed by atoms with van der Waals surface area (Å²) in [6.45, 7) is 2.20. The van der Waals surface area contributed by atoms with E-state index in [1.165, 1.54) is 13.2 Å². The molecule has 0 saturated carbocycles. The summed E-state index contributed by atoms with van der Waals surface area (Å²) in [7, 11) is 1.51. The molecule has 6 heteroatoms. The molecule has 5 nitrogen and oxygen atoms in total. The molecule has 1 saturated heterocycles. The number of nitrogens with one attached hydrogen (secondary N) is 1. The number of nitrogens with zero attached hydrogens (tertiary/aromatic N) is 1. The first-order valence-corrected chi connectivity index (χ1v) is 6.10. The second-order valence-corrected chi connectivity index (χ2v) is 4.51. The molecule has 0 amide bonds. The lowest BCUT2D eigenvalue weighted by molar-refractivity contribution is 0.00199. The van der Waals surface area contributed by atoms with Gasteiger partial charge in [0, 0.05) is 31.3 Å².